The fourth-order valence-corrected chi connectivity index (χ4v) is 4.45. The first-order valence-corrected chi connectivity index (χ1v) is 9.64. The molecule has 1 saturated heterocycles. The first kappa shape index (κ1) is 17.7. The van der Waals surface area contributed by atoms with Gasteiger partial charge in [-0.2, -0.15) is 0 Å². The minimum atomic E-state index is -0.580. The Labute approximate surface area is 167 Å². The number of nitrogens with zero attached hydrogens (tertiary/aromatic N) is 3. The Hall–Kier alpha value is -3.35. The van der Waals surface area contributed by atoms with Gasteiger partial charge >= 0.3 is 0 Å². The summed E-state index contributed by atoms with van der Waals surface area (Å²) in [6.07, 6.45) is 6.05. The zero-order valence-electron chi connectivity index (χ0n) is 16.1. The van der Waals surface area contributed by atoms with E-state index < -0.39 is 5.82 Å². The maximum absolute atomic E-state index is 14.0. The Morgan fingerprint density at radius 2 is 2.07 bits per heavy atom. The van der Waals surface area contributed by atoms with E-state index in [0.717, 1.165) is 36.2 Å². The highest BCUT2D eigenvalue weighted by atomic mass is 19.1. The number of halogens is 1. The zero-order valence-corrected chi connectivity index (χ0v) is 16.1. The van der Waals surface area contributed by atoms with Gasteiger partial charge in [-0.15, -0.1) is 0 Å². The van der Waals surface area contributed by atoms with Gasteiger partial charge in [0.05, 0.1) is 35.8 Å². The van der Waals surface area contributed by atoms with Crippen molar-refractivity contribution >= 4 is 11.6 Å². The third kappa shape index (κ3) is 2.76. The topological polar surface area (TPSA) is 59.4 Å². The molecule has 0 radical (unpaired) electrons. The van der Waals surface area contributed by atoms with Gasteiger partial charge in [0.1, 0.15) is 5.75 Å². The van der Waals surface area contributed by atoms with Crippen LogP contribution in [-0.4, -0.2) is 40.6 Å². The van der Waals surface area contributed by atoms with Gasteiger partial charge in [-0.1, -0.05) is 0 Å². The van der Waals surface area contributed by atoms with Crippen LogP contribution in [0.3, 0.4) is 0 Å². The summed E-state index contributed by atoms with van der Waals surface area (Å²) >= 11 is 0. The molecule has 1 amide bonds. The molecule has 2 aliphatic heterocycles. The summed E-state index contributed by atoms with van der Waals surface area (Å²) in [4.78, 5) is 18.2. The number of piperidine rings is 1. The molecular formula is C22H21FN4O2. The van der Waals surface area contributed by atoms with Gasteiger partial charge in [0, 0.05) is 37.2 Å². The average Bonchev–Trinajstić information content (AvgIpc) is 3.25. The zero-order chi connectivity index (χ0) is 20.0. The van der Waals surface area contributed by atoms with Crippen molar-refractivity contribution in [3.8, 4) is 11.4 Å². The summed E-state index contributed by atoms with van der Waals surface area (Å²) in [7, 11) is 1.66. The number of benzene rings is 1. The van der Waals surface area contributed by atoms with E-state index in [4.69, 9.17) is 4.74 Å². The number of amides is 1. The number of hydrogen-bond donors (Lipinski definition) is 1. The molecule has 1 fully saturated rings. The van der Waals surface area contributed by atoms with E-state index in [9.17, 15) is 9.18 Å². The molecule has 1 spiro atoms. The lowest BCUT2D eigenvalue weighted by atomic mass is 9.82. The average molecular weight is 392 g/mol. The highest BCUT2D eigenvalue weighted by Crippen LogP contribution is 2.44. The van der Waals surface area contributed by atoms with E-state index in [0.29, 0.717) is 13.1 Å². The van der Waals surface area contributed by atoms with E-state index >= 15 is 0 Å². The van der Waals surface area contributed by atoms with Crippen LogP contribution in [-0.2, 0) is 5.54 Å². The predicted octanol–water partition coefficient (Wildman–Crippen LogP) is 3.58. The Morgan fingerprint density at radius 3 is 2.83 bits per heavy atom. The second kappa shape index (κ2) is 6.62. The normalized spacial score (nSPS) is 16.7. The Morgan fingerprint density at radius 1 is 1.24 bits per heavy atom. The number of methoxy groups -OCH3 is 1. The van der Waals surface area contributed by atoms with E-state index in [1.54, 1.807) is 12.0 Å². The number of ether oxygens (including phenoxy) is 1. The molecule has 0 atom stereocenters. The molecule has 5 rings (SSSR count). The summed E-state index contributed by atoms with van der Waals surface area (Å²) in [6, 6.07) is 11.6. The first-order chi connectivity index (χ1) is 14.1. The van der Waals surface area contributed by atoms with Crippen LogP contribution in [0.5, 0.6) is 5.75 Å². The Kier molecular flexibility index (Phi) is 4.04. The summed E-state index contributed by atoms with van der Waals surface area (Å²) in [5.41, 5.74) is 3.06. The number of hydrogen-bond acceptors (Lipinski definition) is 4. The fourth-order valence-electron chi connectivity index (χ4n) is 4.45. The molecule has 6 nitrogen and oxygen atoms in total. The number of carbonyl (C=O) groups is 1. The van der Waals surface area contributed by atoms with Crippen LogP contribution >= 0.6 is 0 Å². The third-order valence-electron chi connectivity index (χ3n) is 5.98. The van der Waals surface area contributed by atoms with Gasteiger partial charge in [-0.05, 0) is 43.2 Å². The number of nitrogens with one attached hydrogen (secondary N) is 1. The van der Waals surface area contributed by atoms with Gasteiger partial charge in [0.15, 0.2) is 5.82 Å². The quantitative estimate of drug-likeness (QED) is 0.724. The van der Waals surface area contributed by atoms with Crippen LogP contribution in [0.15, 0.2) is 55.0 Å². The summed E-state index contributed by atoms with van der Waals surface area (Å²) in [5, 5.41) is 3.72. The molecule has 0 bridgehead atoms. The van der Waals surface area contributed by atoms with Gasteiger partial charge < -0.3 is 19.5 Å². The lowest BCUT2D eigenvalue weighted by Gasteiger charge is -2.46. The number of aromatic nitrogens is 2. The number of carbonyl (C=O) groups excluding carboxylic acids is 1. The maximum Gasteiger partial charge on any atom is 0.256 e. The lowest BCUT2D eigenvalue weighted by molar-refractivity contribution is 0.0671. The van der Waals surface area contributed by atoms with Gasteiger partial charge in [-0.3, -0.25) is 9.78 Å². The Bertz CT molecular complexity index is 1090. The molecule has 0 unspecified atom stereocenters. The van der Waals surface area contributed by atoms with Crippen LogP contribution in [0.1, 0.15) is 28.9 Å². The molecule has 1 aromatic carbocycles. The van der Waals surface area contributed by atoms with Gasteiger partial charge in [0.25, 0.3) is 5.91 Å². The van der Waals surface area contributed by atoms with Crippen molar-refractivity contribution in [2.24, 2.45) is 0 Å². The lowest BCUT2D eigenvalue weighted by Crippen LogP contribution is -2.51. The second-order valence-corrected chi connectivity index (χ2v) is 7.50. The monoisotopic (exact) mass is 392 g/mol. The fraction of sp³-hybridized carbons (Fsp3) is 0.273. The largest absolute Gasteiger partial charge is 0.497 e. The SMILES string of the molecule is COc1ccc2c(c1)NC1(CCN(C(=O)c3ccncc3F)CC1)c1cccn1-2. The van der Waals surface area contributed by atoms with E-state index in [-0.39, 0.29) is 17.0 Å². The molecule has 148 valence electrons. The van der Waals surface area contributed by atoms with Crippen molar-refractivity contribution < 1.29 is 13.9 Å². The molecular weight excluding hydrogens is 371 g/mol. The van der Waals surface area contributed by atoms with Crippen molar-refractivity contribution in [3.63, 3.8) is 0 Å². The maximum atomic E-state index is 14.0. The molecule has 3 aromatic rings. The van der Waals surface area contributed by atoms with Crippen molar-refractivity contribution in [3.05, 3.63) is 72.1 Å². The molecule has 2 aliphatic rings. The van der Waals surface area contributed by atoms with Crippen LogP contribution in [0.4, 0.5) is 10.1 Å². The van der Waals surface area contributed by atoms with Crippen LogP contribution in [0.25, 0.3) is 5.69 Å². The molecule has 0 saturated carbocycles. The molecule has 29 heavy (non-hydrogen) atoms. The number of anilines is 1. The summed E-state index contributed by atoms with van der Waals surface area (Å²) < 4.78 is 21.6. The van der Waals surface area contributed by atoms with Crippen LogP contribution < -0.4 is 10.1 Å². The molecule has 7 heteroatoms. The Balaban J connectivity index is 1.43. The number of rotatable bonds is 2. The first-order valence-electron chi connectivity index (χ1n) is 9.64. The van der Waals surface area contributed by atoms with Gasteiger partial charge in [-0.25, -0.2) is 4.39 Å². The van der Waals surface area contributed by atoms with Crippen molar-refractivity contribution in [2.75, 3.05) is 25.5 Å². The highest BCUT2D eigenvalue weighted by molar-refractivity contribution is 5.94. The summed E-state index contributed by atoms with van der Waals surface area (Å²) in [5.74, 6) is -0.0701. The van der Waals surface area contributed by atoms with E-state index in [1.807, 2.05) is 24.3 Å². The standard InChI is InChI=1S/C22H21FN4O2/c1-29-15-4-5-19-18(13-15)25-22(20-3-2-10-27(19)20)7-11-26(12-8-22)21(28)16-6-9-24-14-17(16)23/h2-6,9-10,13-14,25H,7-8,11-12H2,1H3. The number of pyridine rings is 1. The number of likely N-dealkylation sites (tertiary alicyclic amines) is 1. The van der Waals surface area contributed by atoms with Crippen molar-refractivity contribution in [1.82, 2.24) is 14.5 Å². The van der Waals surface area contributed by atoms with Crippen molar-refractivity contribution in [2.45, 2.75) is 18.4 Å². The predicted molar refractivity (Wildman–Crippen MR) is 107 cm³/mol. The molecule has 1 N–H and O–H groups in total. The molecule has 4 heterocycles. The minimum Gasteiger partial charge on any atom is -0.497 e. The highest BCUT2D eigenvalue weighted by Gasteiger charge is 2.42. The van der Waals surface area contributed by atoms with Gasteiger partial charge in [0.2, 0.25) is 0 Å². The van der Waals surface area contributed by atoms with E-state index in [1.165, 1.54) is 18.0 Å². The minimum absolute atomic E-state index is 0.0750. The van der Waals surface area contributed by atoms with Crippen LogP contribution in [0.2, 0.25) is 0 Å². The smallest absolute Gasteiger partial charge is 0.256 e. The van der Waals surface area contributed by atoms with Crippen LogP contribution in [0, 0.1) is 5.82 Å². The molecule has 2 aromatic heterocycles. The van der Waals surface area contributed by atoms with E-state index in [2.05, 4.69) is 27.1 Å². The molecule has 0 aliphatic carbocycles. The number of fused-ring (bicyclic) bond motifs is 4. The van der Waals surface area contributed by atoms with Crippen molar-refractivity contribution in [1.29, 1.82) is 0 Å². The summed E-state index contributed by atoms with van der Waals surface area (Å²) in [6.45, 7) is 1.08. The second-order valence-electron chi connectivity index (χ2n) is 7.50. The third-order valence-corrected chi connectivity index (χ3v) is 5.98.